The van der Waals surface area contributed by atoms with Crippen LogP contribution in [0.5, 0.6) is 5.75 Å². The van der Waals surface area contributed by atoms with Gasteiger partial charge in [-0.1, -0.05) is 33.6 Å². The Hall–Kier alpha value is -0.370. The van der Waals surface area contributed by atoms with E-state index in [1.807, 2.05) is 6.92 Å². The highest BCUT2D eigenvalue weighted by Crippen LogP contribution is 2.38. The maximum atomic E-state index is 12.2. The summed E-state index contributed by atoms with van der Waals surface area (Å²) in [4.78, 5) is 0.116. The Kier molecular flexibility index (Phi) is 4.94. The highest BCUT2D eigenvalue weighted by molar-refractivity contribution is 9.11. The molecule has 7 heteroatoms. The molecule has 0 amide bonds. The molecular formula is C13H9Br3O3S. The SMILES string of the molecule is Cc1ccc(S(=O)(=O)Oc2c(Br)cc(Br)cc2Br)cc1. The monoisotopic (exact) mass is 482 g/mol. The molecule has 0 saturated carbocycles. The second-order valence-corrected chi connectivity index (χ2v) is 8.22. The summed E-state index contributed by atoms with van der Waals surface area (Å²) in [5, 5.41) is 0. The number of aryl methyl sites for hydroxylation is 1. The zero-order chi connectivity index (χ0) is 14.9. The van der Waals surface area contributed by atoms with Gasteiger partial charge in [0.25, 0.3) is 0 Å². The molecule has 0 fully saturated rings. The summed E-state index contributed by atoms with van der Waals surface area (Å²) in [6.45, 7) is 1.89. The summed E-state index contributed by atoms with van der Waals surface area (Å²) in [7, 11) is -3.86. The first kappa shape index (κ1) is 16.0. The van der Waals surface area contributed by atoms with Crippen LogP contribution in [0.3, 0.4) is 0 Å². The van der Waals surface area contributed by atoms with Gasteiger partial charge in [0.2, 0.25) is 0 Å². The second kappa shape index (κ2) is 6.17. The average molecular weight is 485 g/mol. The Morgan fingerprint density at radius 1 is 0.950 bits per heavy atom. The molecule has 3 nitrogen and oxygen atoms in total. The third-order valence-electron chi connectivity index (χ3n) is 2.47. The largest absolute Gasteiger partial charge is 0.377 e. The van der Waals surface area contributed by atoms with Crippen LogP contribution in [0, 0.1) is 6.92 Å². The molecule has 2 rings (SSSR count). The minimum atomic E-state index is -3.86. The van der Waals surface area contributed by atoms with Crippen molar-refractivity contribution in [3.05, 3.63) is 55.4 Å². The van der Waals surface area contributed by atoms with Crippen molar-refractivity contribution in [1.82, 2.24) is 0 Å². The van der Waals surface area contributed by atoms with Crippen molar-refractivity contribution < 1.29 is 12.6 Å². The van der Waals surface area contributed by atoms with Gasteiger partial charge < -0.3 is 4.18 Å². The summed E-state index contributed by atoms with van der Waals surface area (Å²) in [6.07, 6.45) is 0. The number of halogens is 3. The number of hydrogen-bond donors (Lipinski definition) is 0. The van der Waals surface area contributed by atoms with Gasteiger partial charge in [-0.05, 0) is 63.0 Å². The van der Waals surface area contributed by atoms with Crippen molar-refractivity contribution in [2.75, 3.05) is 0 Å². The van der Waals surface area contributed by atoms with Crippen molar-refractivity contribution in [3.8, 4) is 5.75 Å². The van der Waals surface area contributed by atoms with E-state index in [-0.39, 0.29) is 10.6 Å². The summed E-state index contributed by atoms with van der Waals surface area (Å²) in [5.74, 6) is 0.216. The van der Waals surface area contributed by atoms with E-state index >= 15 is 0 Å². The van der Waals surface area contributed by atoms with Gasteiger partial charge in [0.05, 0.1) is 8.95 Å². The van der Waals surface area contributed by atoms with Crippen LogP contribution in [0.1, 0.15) is 5.56 Å². The predicted octanol–water partition coefficient (Wildman–Crippen LogP) is 5.05. The van der Waals surface area contributed by atoms with Gasteiger partial charge in [0.15, 0.2) is 5.75 Å². The van der Waals surface area contributed by atoms with Crippen molar-refractivity contribution in [3.63, 3.8) is 0 Å². The molecule has 0 unspecified atom stereocenters. The van der Waals surface area contributed by atoms with E-state index in [2.05, 4.69) is 47.8 Å². The molecular weight excluding hydrogens is 476 g/mol. The third kappa shape index (κ3) is 3.63. The van der Waals surface area contributed by atoms with Gasteiger partial charge in [-0.25, -0.2) is 0 Å². The van der Waals surface area contributed by atoms with Crippen LogP contribution in [0.15, 0.2) is 54.7 Å². The van der Waals surface area contributed by atoms with Gasteiger partial charge in [0, 0.05) is 4.47 Å². The van der Waals surface area contributed by atoms with Gasteiger partial charge in [-0.15, -0.1) is 0 Å². The van der Waals surface area contributed by atoms with Crippen molar-refractivity contribution in [2.24, 2.45) is 0 Å². The summed E-state index contributed by atoms with van der Waals surface area (Å²) in [5.41, 5.74) is 0.981. The molecule has 0 aromatic heterocycles. The molecule has 0 atom stereocenters. The van der Waals surface area contributed by atoms with Crippen LogP contribution in [-0.2, 0) is 10.1 Å². The maximum absolute atomic E-state index is 12.2. The average Bonchev–Trinajstić information content (AvgIpc) is 2.34. The van der Waals surface area contributed by atoms with Gasteiger partial charge in [0.1, 0.15) is 4.90 Å². The fourth-order valence-electron chi connectivity index (χ4n) is 1.47. The summed E-state index contributed by atoms with van der Waals surface area (Å²) >= 11 is 9.89. The Balaban J connectivity index is 2.41. The minimum Gasteiger partial charge on any atom is -0.377 e. The lowest BCUT2D eigenvalue weighted by Gasteiger charge is -2.11. The van der Waals surface area contributed by atoms with E-state index in [1.165, 1.54) is 12.1 Å². The lowest BCUT2D eigenvalue weighted by molar-refractivity contribution is 0.483. The molecule has 2 aromatic rings. The summed E-state index contributed by atoms with van der Waals surface area (Å²) in [6, 6.07) is 9.91. The molecule has 0 radical (unpaired) electrons. The highest BCUT2D eigenvalue weighted by Gasteiger charge is 2.20. The second-order valence-electron chi connectivity index (χ2n) is 4.05. The van der Waals surface area contributed by atoms with Crippen LogP contribution >= 0.6 is 47.8 Å². The van der Waals surface area contributed by atoms with E-state index in [4.69, 9.17) is 4.18 Å². The van der Waals surface area contributed by atoms with Crippen molar-refractivity contribution in [1.29, 1.82) is 0 Å². The topological polar surface area (TPSA) is 43.4 Å². The van der Waals surface area contributed by atoms with Crippen LogP contribution in [0.2, 0.25) is 0 Å². The van der Waals surface area contributed by atoms with E-state index in [9.17, 15) is 8.42 Å². The maximum Gasteiger partial charge on any atom is 0.339 e. The zero-order valence-corrected chi connectivity index (χ0v) is 15.8. The normalized spacial score (nSPS) is 11.4. The van der Waals surface area contributed by atoms with Crippen LogP contribution < -0.4 is 4.18 Å². The Bertz CT molecular complexity index is 717. The number of benzene rings is 2. The molecule has 2 aromatic carbocycles. The molecule has 106 valence electrons. The smallest absolute Gasteiger partial charge is 0.339 e. The van der Waals surface area contributed by atoms with Gasteiger partial charge in [-0.3, -0.25) is 0 Å². The lowest BCUT2D eigenvalue weighted by Crippen LogP contribution is -2.10. The first-order valence-electron chi connectivity index (χ1n) is 5.45. The fraction of sp³-hybridized carbons (Fsp3) is 0.0769. The third-order valence-corrected chi connectivity index (χ3v) is 5.34. The molecule has 0 spiro atoms. The minimum absolute atomic E-state index is 0.116. The van der Waals surface area contributed by atoms with Gasteiger partial charge in [-0.2, -0.15) is 8.42 Å². The standard InChI is InChI=1S/C13H9Br3O3S/c1-8-2-4-10(5-3-8)20(17,18)19-13-11(15)6-9(14)7-12(13)16/h2-7H,1H3. The van der Waals surface area contributed by atoms with E-state index in [0.717, 1.165) is 10.0 Å². The Morgan fingerprint density at radius 2 is 1.45 bits per heavy atom. The number of hydrogen-bond acceptors (Lipinski definition) is 3. The van der Waals surface area contributed by atoms with E-state index in [0.29, 0.717) is 8.95 Å². The quantitative estimate of drug-likeness (QED) is 0.572. The molecule has 0 saturated heterocycles. The lowest BCUT2D eigenvalue weighted by atomic mass is 10.2. The molecule has 0 N–H and O–H groups in total. The fourth-order valence-corrected chi connectivity index (χ4v) is 5.07. The molecule has 20 heavy (non-hydrogen) atoms. The molecule has 0 aliphatic carbocycles. The van der Waals surface area contributed by atoms with Crippen LogP contribution in [-0.4, -0.2) is 8.42 Å². The Morgan fingerprint density at radius 3 is 1.95 bits per heavy atom. The highest BCUT2D eigenvalue weighted by atomic mass is 79.9. The van der Waals surface area contributed by atoms with Crippen LogP contribution in [0.25, 0.3) is 0 Å². The van der Waals surface area contributed by atoms with E-state index in [1.54, 1.807) is 24.3 Å². The first-order chi connectivity index (χ1) is 9.29. The van der Waals surface area contributed by atoms with Crippen molar-refractivity contribution in [2.45, 2.75) is 11.8 Å². The molecule has 0 aliphatic rings. The number of rotatable bonds is 3. The first-order valence-corrected chi connectivity index (χ1v) is 9.24. The van der Waals surface area contributed by atoms with Gasteiger partial charge >= 0.3 is 10.1 Å². The summed E-state index contributed by atoms with van der Waals surface area (Å²) < 4.78 is 31.5. The van der Waals surface area contributed by atoms with Crippen molar-refractivity contribution >= 4 is 57.9 Å². The molecule has 0 aliphatic heterocycles. The van der Waals surface area contributed by atoms with E-state index < -0.39 is 10.1 Å². The van der Waals surface area contributed by atoms with Crippen LogP contribution in [0.4, 0.5) is 0 Å². The Labute approximate surface area is 142 Å². The molecule has 0 bridgehead atoms. The molecule has 0 heterocycles. The predicted molar refractivity (Wildman–Crippen MR) is 88.5 cm³/mol. The zero-order valence-electron chi connectivity index (χ0n) is 10.2.